The van der Waals surface area contributed by atoms with E-state index in [1.807, 2.05) is 38.1 Å². The van der Waals surface area contributed by atoms with E-state index in [4.69, 9.17) is 4.74 Å². The normalized spacial score (nSPS) is 27.4. The third kappa shape index (κ3) is 4.96. The molecule has 3 saturated heterocycles. The number of anilines is 2. The average Bonchev–Trinajstić information content (AvgIpc) is 3.59. The highest BCUT2D eigenvalue weighted by Gasteiger charge is 2.75. The molecule has 40 heavy (non-hydrogen) atoms. The third-order valence-corrected chi connectivity index (χ3v) is 10.7. The van der Waals surface area contributed by atoms with E-state index in [9.17, 15) is 19.5 Å². The lowest BCUT2D eigenvalue weighted by atomic mass is 9.71. The van der Waals surface area contributed by atoms with Gasteiger partial charge in [0.15, 0.2) is 0 Å². The van der Waals surface area contributed by atoms with Gasteiger partial charge in [-0.3, -0.25) is 14.4 Å². The molecule has 8 nitrogen and oxygen atoms in total. The van der Waals surface area contributed by atoms with Crippen molar-refractivity contribution in [1.29, 1.82) is 0 Å². The Labute approximate surface area is 242 Å². The van der Waals surface area contributed by atoms with E-state index in [0.29, 0.717) is 6.42 Å². The minimum atomic E-state index is -0.820. The number of carbonyl (C=O) groups excluding carboxylic acids is 3. The van der Waals surface area contributed by atoms with Crippen LogP contribution in [0, 0.1) is 17.8 Å². The second-order valence-corrected chi connectivity index (χ2v) is 12.7. The van der Waals surface area contributed by atoms with Crippen LogP contribution in [0.25, 0.3) is 0 Å². The summed E-state index contributed by atoms with van der Waals surface area (Å²) < 4.78 is 4.68. The van der Waals surface area contributed by atoms with E-state index in [-0.39, 0.29) is 42.7 Å². The number of ether oxygens (including phenoxy) is 1. The Morgan fingerprint density at radius 1 is 1.18 bits per heavy atom. The molecule has 3 aliphatic heterocycles. The highest BCUT2D eigenvalue weighted by Crippen LogP contribution is 2.67. The number of esters is 1. The van der Waals surface area contributed by atoms with Gasteiger partial charge in [-0.25, -0.2) is 0 Å². The van der Waals surface area contributed by atoms with E-state index >= 15 is 0 Å². The summed E-state index contributed by atoms with van der Waals surface area (Å²) in [5, 5.41) is 10.3. The number of rotatable bonds is 13. The molecule has 2 amide bonds. The molecule has 0 aliphatic carbocycles. The first kappa shape index (κ1) is 30.2. The lowest BCUT2D eigenvalue weighted by Crippen LogP contribution is -2.58. The standard InChI is InChI=1S/C31H43N3O5S/c1-7-17-33(22-13-11-21(12-14-22)32(9-3)10-4)29(37)27-31-16-15-24(40-31)25(30(38)39-18-8-2)26(31)28(36)34(27)23(19-35)20(5)6/h7-8,11-14,20,23-27,35H,1-2,9-10,15-19H2,3-6H3/t23-,24-,25+,26-,27?,31?/m0/s1. The van der Waals surface area contributed by atoms with Gasteiger partial charge in [-0.1, -0.05) is 32.6 Å². The molecule has 1 N–H and O–H groups in total. The average molecular weight is 570 g/mol. The van der Waals surface area contributed by atoms with Crippen molar-refractivity contribution in [1.82, 2.24) is 4.90 Å². The SMILES string of the molecule is C=CCOC(=O)[C@@H]1[C@@H]2CCC3(S2)C(C(=O)N(CC=C)c2ccc(N(CC)CC)cc2)N([C@@H](CO)C(C)C)C(=O)[C@H]13. The van der Waals surface area contributed by atoms with Gasteiger partial charge < -0.3 is 24.5 Å². The summed E-state index contributed by atoms with van der Waals surface area (Å²) in [5.74, 6) is -2.25. The van der Waals surface area contributed by atoms with Gasteiger partial charge in [0.1, 0.15) is 12.6 Å². The molecule has 4 rings (SSSR count). The number of aliphatic hydroxyl groups is 1. The fraction of sp³-hybridized carbons (Fsp3) is 0.581. The maximum atomic E-state index is 14.7. The summed E-state index contributed by atoms with van der Waals surface area (Å²) >= 11 is 1.60. The van der Waals surface area contributed by atoms with Crippen molar-refractivity contribution in [3.8, 4) is 0 Å². The van der Waals surface area contributed by atoms with Crippen LogP contribution in [0.5, 0.6) is 0 Å². The monoisotopic (exact) mass is 569 g/mol. The van der Waals surface area contributed by atoms with Gasteiger partial charge in [-0.15, -0.1) is 18.3 Å². The van der Waals surface area contributed by atoms with Gasteiger partial charge in [0.05, 0.1) is 29.2 Å². The number of hydrogen-bond donors (Lipinski definition) is 1. The molecular formula is C31H43N3O5S. The van der Waals surface area contributed by atoms with Gasteiger partial charge in [0.2, 0.25) is 5.91 Å². The molecule has 3 fully saturated rings. The van der Waals surface area contributed by atoms with E-state index in [0.717, 1.165) is 30.9 Å². The molecule has 3 aliphatic rings. The largest absolute Gasteiger partial charge is 0.461 e. The molecule has 218 valence electrons. The number of amides is 2. The predicted molar refractivity (Wildman–Crippen MR) is 160 cm³/mol. The molecule has 9 heteroatoms. The van der Waals surface area contributed by atoms with Gasteiger partial charge in [0, 0.05) is 36.3 Å². The number of hydrogen-bond acceptors (Lipinski definition) is 7. The number of likely N-dealkylation sites (tertiary alicyclic amines) is 1. The van der Waals surface area contributed by atoms with Crippen molar-refractivity contribution in [2.45, 2.75) is 62.6 Å². The fourth-order valence-corrected chi connectivity index (χ4v) is 9.07. The highest BCUT2D eigenvalue weighted by atomic mass is 32.2. The van der Waals surface area contributed by atoms with E-state index in [1.54, 1.807) is 27.6 Å². The Bertz CT molecular complexity index is 1120. The summed E-state index contributed by atoms with van der Waals surface area (Å²) in [6, 6.07) is 6.52. The Balaban J connectivity index is 1.77. The van der Waals surface area contributed by atoms with Crippen molar-refractivity contribution in [2.24, 2.45) is 17.8 Å². The Hall–Kier alpha value is -2.78. The summed E-state index contributed by atoms with van der Waals surface area (Å²) in [6.45, 7) is 17.5. The Kier molecular flexibility index (Phi) is 9.35. The van der Waals surface area contributed by atoms with Gasteiger partial charge >= 0.3 is 5.97 Å². The molecule has 0 aromatic heterocycles. The van der Waals surface area contributed by atoms with Crippen molar-refractivity contribution in [2.75, 3.05) is 42.6 Å². The van der Waals surface area contributed by atoms with E-state index in [1.165, 1.54) is 6.08 Å². The van der Waals surface area contributed by atoms with Gasteiger partial charge in [-0.05, 0) is 56.9 Å². The highest BCUT2D eigenvalue weighted by molar-refractivity contribution is 8.02. The van der Waals surface area contributed by atoms with Crippen molar-refractivity contribution < 1.29 is 24.2 Å². The number of fused-ring (bicyclic) bond motifs is 1. The maximum absolute atomic E-state index is 14.7. The van der Waals surface area contributed by atoms with E-state index < -0.39 is 34.6 Å². The zero-order valence-corrected chi connectivity index (χ0v) is 24.9. The van der Waals surface area contributed by atoms with Gasteiger partial charge in [0.25, 0.3) is 5.91 Å². The first-order chi connectivity index (χ1) is 19.2. The minimum Gasteiger partial charge on any atom is -0.461 e. The predicted octanol–water partition coefficient (Wildman–Crippen LogP) is 3.89. The third-order valence-electron chi connectivity index (χ3n) is 8.77. The first-order valence-corrected chi connectivity index (χ1v) is 15.2. The fourth-order valence-electron chi connectivity index (χ4n) is 6.88. The van der Waals surface area contributed by atoms with Crippen molar-refractivity contribution in [3.63, 3.8) is 0 Å². The molecule has 0 saturated carbocycles. The number of aliphatic hydroxyl groups excluding tert-OH is 1. The summed E-state index contributed by atoms with van der Waals surface area (Å²) in [7, 11) is 0. The molecular weight excluding hydrogens is 526 g/mol. The molecule has 1 aromatic carbocycles. The van der Waals surface area contributed by atoms with Crippen LogP contribution < -0.4 is 9.80 Å². The first-order valence-electron chi connectivity index (χ1n) is 14.4. The van der Waals surface area contributed by atoms with Crippen LogP contribution in [0.15, 0.2) is 49.6 Å². The second kappa shape index (κ2) is 12.4. The summed E-state index contributed by atoms with van der Waals surface area (Å²) in [6.07, 6.45) is 4.58. The molecule has 1 spiro atoms. The van der Waals surface area contributed by atoms with Crippen LogP contribution in [0.1, 0.15) is 40.5 Å². The summed E-state index contributed by atoms with van der Waals surface area (Å²) in [4.78, 5) is 47.7. The van der Waals surface area contributed by atoms with E-state index in [2.05, 4.69) is 31.9 Å². The molecule has 2 bridgehead atoms. The van der Waals surface area contributed by atoms with Crippen LogP contribution in [0.3, 0.4) is 0 Å². The van der Waals surface area contributed by atoms with Crippen molar-refractivity contribution >= 4 is 40.9 Å². The number of nitrogens with zero attached hydrogens (tertiary/aromatic N) is 3. The lowest BCUT2D eigenvalue weighted by Gasteiger charge is -2.40. The van der Waals surface area contributed by atoms with Crippen molar-refractivity contribution in [3.05, 3.63) is 49.6 Å². The van der Waals surface area contributed by atoms with Gasteiger partial charge in [-0.2, -0.15) is 0 Å². The smallest absolute Gasteiger partial charge is 0.311 e. The molecule has 3 heterocycles. The summed E-state index contributed by atoms with van der Waals surface area (Å²) in [5.41, 5.74) is 1.79. The molecule has 1 aromatic rings. The maximum Gasteiger partial charge on any atom is 0.311 e. The van der Waals surface area contributed by atoms with Crippen LogP contribution in [0.2, 0.25) is 0 Å². The zero-order valence-electron chi connectivity index (χ0n) is 24.1. The van der Waals surface area contributed by atoms with Crippen LogP contribution in [-0.4, -0.2) is 82.7 Å². The number of thioether (sulfide) groups is 1. The molecule has 0 radical (unpaired) electrons. The van der Waals surface area contributed by atoms with Crippen LogP contribution in [0.4, 0.5) is 11.4 Å². The lowest BCUT2D eigenvalue weighted by molar-refractivity contribution is -0.153. The second-order valence-electron chi connectivity index (χ2n) is 11.1. The minimum absolute atomic E-state index is 0.0779. The zero-order chi connectivity index (χ0) is 29.2. The van der Waals surface area contributed by atoms with Crippen LogP contribution >= 0.6 is 11.8 Å². The Morgan fingerprint density at radius 2 is 1.82 bits per heavy atom. The van der Waals surface area contributed by atoms with Crippen LogP contribution in [-0.2, 0) is 19.1 Å². The quantitative estimate of drug-likeness (QED) is 0.285. The number of carbonyl (C=O) groups is 3. The molecule has 2 unspecified atom stereocenters. The Morgan fingerprint density at radius 3 is 2.38 bits per heavy atom. The number of benzene rings is 1. The topological polar surface area (TPSA) is 90.4 Å². The molecule has 6 atom stereocenters.